The fraction of sp³-hybridized carbons (Fsp3) is 0.381. The third-order valence-corrected chi connectivity index (χ3v) is 8.06. The van der Waals surface area contributed by atoms with Crippen molar-refractivity contribution in [2.75, 3.05) is 31.9 Å². The average Bonchev–Trinajstić information content (AvgIpc) is 2.71. The maximum atomic E-state index is 13.6. The highest BCUT2D eigenvalue weighted by molar-refractivity contribution is 7.99. The predicted octanol–water partition coefficient (Wildman–Crippen LogP) is 3.46. The van der Waals surface area contributed by atoms with Gasteiger partial charge in [-0.3, -0.25) is 4.79 Å². The van der Waals surface area contributed by atoms with Gasteiger partial charge >= 0.3 is 0 Å². The van der Waals surface area contributed by atoms with Gasteiger partial charge < -0.3 is 4.90 Å². The van der Waals surface area contributed by atoms with Gasteiger partial charge in [0.1, 0.15) is 5.82 Å². The van der Waals surface area contributed by atoms with E-state index in [-0.39, 0.29) is 24.8 Å². The van der Waals surface area contributed by atoms with Crippen LogP contribution in [0.3, 0.4) is 0 Å². The van der Waals surface area contributed by atoms with E-state index in [0.717, 1.165) is 11.1 Å². The summed E-state index contributed by atoms with van der Waals surface area (Å²) in [6.07, 6.45) is 0.295. The van der Waals surface area contributed by atoms with Crippen molar-refractivity contribution in [2.45, 2.75) is 30.1 Å². The lowest BCUT2D eigenvalue weighted by Crippen LogP contribution is -2.50. The van der Waals surface area contributed by atoms with Crippen molar-refractivity contribution < 1.29 is 17.6 Å². The number of nitrogens with zero attached hydrogens (tertiary/aromatic N) is 2. The molecule has 2 aromatic rings. The topological polar surface area (TPSA) is 57.7 Å². The van der Waals surface area contributed by atoms with Crippen LogP contribution in [0, 0.1) is 19.7 Å². The third kappa shape index (κ3) is 5.18. The van der Waals surface area contributed by atoms with Crippen LogP contribution < -0.4 is 0 Å². The van der Waals surface area contributed by atoms with Crippen molar-refractivity contribution in [1.29, 1.82) is 0 Å². The molecule has 156 valence electrons. The summed E-state index contributed by atoms with van der Waals surface area (Å²) in [7, 11) is -3.56. The monoisotopic (exact) mass is 436 g/mol. The average molecular weight is 437 g/mol. The number of hydrogen-bond donors (Lipinski definition) is 0. The molecule has 5 nitrogen and oxygen atoms in total. The first-order valence-corrected chi connectivity index (χ1v) is 11.9. The van der Waals surface area contributed by atoms with E-state index in [1.54, 1.807) is 35.2 Å². The van der Waals surface area contributed by atoms with Crippen LogP contribution >= 0.6 is 11.8 Å². The first kappa shape index (κ1) is 21.8. The Kier molecular flexibility index (Phi) is 6.97. The Labute approximate surface area is 175 Å². The van der Waals surface area contributed by atoms with E-state index >= 15 is 0 Å². The van der Waals surface area contributed by atoms with Gasteiger partial charge in [0, 0.05) is 43.2 Å². The second-order valence-electron chi connectivity index (χ2n) is 7.06. The van der Waals surface area contributed by atoms with Crippen LogP contribution in [0.15, 0.2) is 52.3 Å². The smallest absolute Gasteiger partial charge is 0.243 e. The molecule has 1 saturated heterocycles. The number of benzene rings is 2. The summed E-state index contributed by atoms with van der Waals surface area (Å²) in [6.45, 7) is 5.13. The Bertz CT molecular complexity index is 987. The summed E-state index contributed by atoms with van der Waals surface area (Å²) in [5, 5.41) is 0. The zero-order valence-electron chi connectivity index (χ0n) is 16.6. The van der Waals surface area contributed by atoms with E-state index < -0.39 is 10.0 Å². The maximum absolute atomic E-state index is 13.6. The molecule has 2 aromatic carbocycles. The molecule has 0 unspecified atom stereocenters. The van der Waals surface area contributed by atoms with Gasteiger partial charge in [0.05, 0.1) is 4.90 Å². The minimum absolute atomic E-state index is 0.0305. The number of amides is 1. The Morgan fingerprint density at radius 3 is 2.38 bits per heavy atom. The zero-order valence-corrected chi connectivity index (χ0v) is 18.2. The van der Waals surface area contributed by atoms with Gasteiger partial charge in [-0.1, -0.05) is 18.2 Å². The number of halogens is 1. The van der Waals surface area contributed by atoms with Crippen molar-refractivity contribution in [3.8, 4) is 0 Å². The van der Waals surface area contributed by atoms with E-state index in [1.807, 2.05) is 19.9 Å². The highest BCUT2D eigenvalue weighted by Crippen LogP contribution is 2.23. The van der Waals surface area contributed by atoms with Crippen molar-refractivity contribution >= 4 is 27.7 Å². The molecule has 8 heteroatoms. The number of rotatable bonds is 6. The van der Waals surface area contributed by atoms with Gasteiger partial charge in [0.2, 0.25) is 15.9 Å². The number of carbonyl (C=O) groups excluding carboxylic acids is 1. The normalized spacial score (nSPS) is 15.5. The first-order valence-electron chi connectivity index (χ1n) is 9.51. The molecule has 0 aromatic heterocycles. The number of hydrogen-bond acceptors (Lipinski definition) is 4. The Morgan fingerprint density at radius 1 is 1.03 bits per heavy atom. The quantitative estimate of drug-likeness (QED) is 0.651. The van der Waals surface area contributed by atoms with E-state index in [4.69, 9.17) is 0 Å². The van der Waals surface area contributed by atoms with E-state index in [0.29, 0.717) is 35.1 Å². The maximum Gasteiger partial charge on any atom is 0.243 e. The number of aryl methyl sites for hydroxylation is 2. The molecule has 1 aliphatic rings. The van der Waals surface area contributed by atoms with E-state index in [2.05, 4.69) is 0 Å². The van der Waals surface area contributed by atoms with Crippen LogP contribution in [0.4, 0.5) is 4.39 Å². The molecule has 0 spiro atoms. The standard InChI is InChI=1S/C21H25FN2O3S2/c1-16-7-8-18(15-17(16)2)29(26,27)24-12-10-23(11-13-24)21(25)9-14-28-20-6-4-3-5-19(20)22/h3-8,15H,9-14H2,1-2H3. The van der Waals surface area contributed by atoms with Crippen LogP contribution in [-0.4, -0.2) is 55.5 Å². The van der Waals surface area contributed by atoms with Gasteiger partial charge in [-0.15, -0.1) is 11.8 Å². The van der Waals surface area contributed by atoms with Crippen molar-refractivity contribution in [3.63, 3.8) is 0 Å². The Morgan fingerprint density at radius 2 is 1.72 bits per heavy atom. The van der Waals surface area contributed by atoms with Crippen LogP contribution in [0.25, 0.3) is 0 Å². The van der Waals surface area contributed by atoms with Crippen molar-refractivity contribution in [3.05, 3.63) is 59.4 Å². The molecule has 1 fully saturated rings. The van der Waals surface area contributed by atoms with Crippen LogP contribution in [0.5, 0.6) is 0 Å². The molecule has 0 N–H and O–H groups in total. The van der Waals surface area contributed by atoms with E-state index in [1.165, 1.54) is 22.1 Å². The Balaban J connectivity index is 1.52. The number of piperazine rings is 1. The molecule has 1 aliphatic heterocycles. The molecule has 1 amide bonds. The summed E-state index contributed by atoms with van der Waals surface area (Å²) in [5.74, 6) is 0.174. The number of sulfonamides is 1. The number of thioether (sulfide) groups is 1. The second-order valence-corrected chi connectivity index (χ2v) is 10.1. The molecule has 29 heavy (non-hydrogen) atoms. The lowest BCUT2D eigenvalue weighted by atomic mass is 10.1. The van der Waals surface area contributed by atoms with Crippen LogP contribution in [0.1, 0.15) is 17.5 Å². The van der Waals surface area contributed by atoms with Gasteiger partial charge in [0.15, 0.2) is 0 Å². The number of carbonyl (C=O) groups is 1. The molecular formula is C21H25FN2O3S2. The molecule has 0 radical (unpaired) electrons. The third-order valence-electron chi connectivity index (χ3n) is 5.12. The lowest BCUT2D eigenvalue weighted by molar-refractivity contribution is -0.131. The highest BCUT2D eigenvalue weighted by atomic mass is 32.2. The van der Waals surface area contributed by atoms with Crippen molar-refractivity contribution in [2.24, 2.45) is 0 Å². The molecule has 0 aliphatic carbocycles. The van der Waals surface area contributed by atoms with Gasteiger partial charge in [-0.05, 0) is 49.2 Å². The zero-order chi connectivity index (χ0) is 21.0. The first-order chi connectivity index (χ1) is 13.8. The Hall–Kier alpha value is -1.90. The van der Waals surface area contributed by atoms with E-state index in [9.17, 15) is 17.6 Å². The van der Waals surface area contributed by atoms with Crippen LogP contribution in [-0.2, 0) is 14.8 Å². The summed E-state index contributed by atoms with van der Waals surface area (Å²) in [5.41, 5.74) is 1.99. The summed E-state index contributed by atoms with van der Waals surface area (Å²) in [4.78, 5) is 14.9. The fourth-order valence-electron chi connectivity index (χ4n) is 3.17. The summed E-state index contributed by atoms with van der Waals surface area (Å²) < 4.78 is 40.8. The SMILES string of the molecule is Cc1ccc(S(=O)(=O)N2CCN(C(=O)CCSc3ccccc3F)CC2)cc1C. The minimum atomic E-state index is -3.56. The van der Waals surface area contributed by atoms with Crippen molar-refractivity contribution in [1.82, 2.24) is 9.21 Å². The largest absolute Gasteiger partial charge is 0.340 e. The highest BCUT2D eigenvalue weighted by Gasteiger charge is 2.30. The molecule has 0 bridgehead atoms. The summed E-state index contributed by atoms with van der Waals surface area (Å²) >= 11 is 1.32. The lowest BCUT2D eigenvalue weighted by Gasteiger charge is -2.34. The van der Waals surface area contributed by atoms with Crippen LogP contribution in [0.2, 0.25) is 0 Å². The molecule has 0 saturated carbocycles. The van der Waals surface area contributed by atoms with Gasteiger partial charge in [0.25, 0.3) is 0 Å². The summed E-state index contributed by atoms with van der Waals surface area (Å²) in [6, 6.07) is 11.6. The molecule has 1 heterocycles. The predicted molar refractivity (Wildman–Crippen MR) is 113 cm³/mol. The fourth-order valence-corrected chi connectivity index (χ4v) is 5.55. The molecule has 3 rings (SSSR count). The van der Waals surface area contributed by atoms with Gasteiger partial charge in [-0.2, -0.15) is 4.31 Å². The molecule has 0 atom stereocenters. The minimum Gasteiger partial charge on any atom is -0.340 e. The van der Waals surface area contributed by atoms with Gasteiger partial charge in [-0.25, -0.2) is 12.8 Å². The second kappa shape index (κ2) is 9.28. The molecular weight excluding hydrogens is 411 g/mol.